The van der Waals surface area contributed by atoms with Gasteiger partial charge in [0.05, 0.1) is 16.9 Å². The SMILES string of the molecule is O=C(NC1CCC(O)CC1)C1CCCN(S(=O)(=O)c2ccc(Cl)cc2)C1. The Morgan fingerprint density at radius 3 is 2.42 bits per heavy atom. The van der Waals surface area contributed by atoms with Gasteiger partial charge < -0.3 is 10.4 Å². The van der Waals surface area contributed by atoms with E-state index in [1.807, 2.05) is 0 Å². The summed E-state index contributed by atoms with van der Waals surface area (Å²) in [7, 11) is -3.62. The van der Waals surface area contributed by atoms with Crippen LogP contribution in [0.1, 0.15) is 38.5 Å². The molecule has 1 aliphatic carbocycles. The van der Waals surface area contributed by atoms with Crippen LogP contribution >= 0.6 is 11.6 Å². The third-order valence-electron chi connectivity index (χ3n) is 5.25. The van der Waals surface area contributed by atoms with Crippen molar-refractivity contribution in [3.05, 3.63) is 29.3 Å². The van der Waals surface area contributed by atoms with E-state index >= 15 is 0 Å². The van der Waals surface area contributed by atoms with Crippen molar-refractivity contribution in [2.45, 2.75) is 55.6 Å². The molecule has 1 aliphatic heterocycles. The largest absolute Gasteiger partial charge is 0.393 e. The minimum absolute atomic E-state index is 0.0779. The Kier molecular flexibility index (Phi) is 6.22. The predicted molar refractivity (Wildman–Crippen MR) is 99.3 cm³/mol. The van der Waals surface area contributed by atoms with Gasteiger partial charge in [0.1, 0.15) is 0 Å². The van der Waals surface area contributed by atoms with E-state index < -0.39 is 10.0 Å². The van der Waals surface area contributed by atoms with Crippen LogP contribution in [0.4, 0.5) is 0 Å². The molecule has 1 aromatic carbocycles. The first kappa shape index (κ1) is 19.6. The maximum absolute atomic E-state index is 12.8. The number of aliphatic hydroxyl groups excluding tert-OH is 1. The van der Waals surface area contributed by atoms with E-state index in [1.165, 1.54) is 16.4 Å². The van der Waals surface area contributed by atoms with Crippen molar-refractivity contribution in [1.82, 2.24) is 9.62 Å². The molecule has 3 rings (SSSR count). The van der Waals surface area contributed by atoms with Crippen LogP contribution in [0.2, 0.25) is 5.02 Å². The highest BCUT2D eigenvalue weighted by atomic mass is 35.5. The molecule has 0 radical (unpaired) electrons. The number of hydrogen-bond acceptors (Lipinski definition) is 4. The zero-order valence-corrected chi connectivity index (χ0v) is 16.2. The van der Waals surface area contributed by atoms with E-state index in [-0.39, 0.29) is 35.4 Å². The number of aliphatic hydroxyl groups is 1. The number of carbonyl (C=O) groups is 1. The smallest absolute Gasteiger partial charge is 0.243 e. The van der Waals surface area contributed by atoms with Crippen LogP contribution in [-0.4, -0.2) is 49.0 Å². The molecule has 144 valence electrons. The summed E-state index contributed by atoms with van der Waals surface area (Å²) >= 11 is 5.84. The fourth-order valence-corrected chi connectivity index (χ4v) is 5.32. The number of piperidine rings is 1. The average Bonchev–Trinajstić information content (AvgIpc) is 2.64. The molecular formula is C18H25ClN2O4S. The Balaban J connectivity index is 1.63. The van der Waals surface area contributed by atoms with Crippen LogP contribution in [0.15, 0.2) is 29.2 Å². The second-order valence-electron chi connectivity index (χ2n) is 7.17. The van der Waals surface area contributed by atoms with Crippen molar-refractivity contribution < 1.29 is 18.3 Å². The molecule has 1 heterocycles. The topological polar surface area (TPSA) is 86.7 Å². The van der Waals surface area contributed by atoms with Gasteiger partial charge in [-0.2, -0.15) is 4.31 Å². The van der Waals surface area contributed by atoms with Gasteiger partial charge in [-0.3, -0.25) is 4.79 Å². The lowest BCUT2D eigenvalue weighted by Crippen LogP contribution is -2.48. The van der Waals surface area contributed by atoms with Gasteiger partial charge in [-0.15, -0.1) is 0 Å². The molecule has 1 saturated carbocycles. The van der Waals surface area contributed by atoms with Crippen molar-refractivity contribution in [3.8, 4) is 0 Å². The van der Waals surface area contributed by atoms with Gasteiger partial charge in [0.2, 0.25) is 15.9 Å². The van der Waals surface area contributed by atoms with E-state index in [0.717, 1.165) is 12.8 Å². The van der Waals surface area contributed by atoms with Gasteiger partial charge in [-0.25, -0.2) is 8.42 Å². The molecule has 0 bridgehead atoms. The first-order valence-electron chi connectivity index (χ1n) is 9.10. The molecule has 1 atom stereocenters. The predicted octanol–water partition coefficient (Wildman–Crippen LogP) is 2.16. The van der Waals surface area contributed by atoms with E-state index in [9.17, 15) is 18.3 Å². The zero-order chi connectivity index (χ0) is 18.7. The summed E-state index contributed by atoms with van der Waals surface area (Å²) < 4.78 is 27.0. The third-order valence-corrected chi connectivity index (χ3v) is 7.38. The lowest BCUT2D eigenvalue weighted by molar-refractivity contribution is -0.127. The Hall–Kier alpha value is -1.15. The number of nitrogens with zero attached hydrogens (tertiary/aromatic N) is 1. The molecule has 1 unspecified atom stereocenters. The van der Waals surface area contributed by atoms with Gasteiger partial charge in [-0.05, 0) is 62.8 Å². The molecule has 0 aromatic heterocycles. The van der Waals surface area contributed by atoms with Crippen molar-refractivity contribution in [2.75, 3.05) is 13.1 Å². The van der Waals surface area contributed by atoms with Crippen LogP contribution < -0.4 is 5.32 Å². The number of sulfonamides is 1. The molecular weight excluding hydrogens is 376 g/mol. The molecule has 1 saturated heterocycles. The fraction of sp³-hybridized carbons (Fsp3) is 0.611. The third kappa shape index (κ3) is 4.57. The summed E-state index contributed by atoms with van der Waals surface area (Å²) in [5, 5.41) is 13.1. The van der Waals surface area contributed by atoms with Crippen LogP contribution in [0.25, 0.3) is 0 Å². The van der Waals surface area contributed by atoms with Gasteiger partial charge in [-0.1, -0.05) is 11.6 Å². The number of hydrogen-bond donors (Lipinski definition) is 2. The summed E-state index contributed by atoms with van der Waals surface area (Å²) in [6, 6.07) is 6.18. The Morgan fingerprint density at radius 2 is 1.77 bits per heavy atom. The molecule has 2 fully saturated rings. The molecule has 6 nitrogen and oxygen atoms in total. The van der Waals surface area contributed by atoms with Gasteiger partial charge in [0.15, 0.2) is 0 Å². The number of carbonyl (C=O) groups excluding carboxylic acids is 1. The second kappa shape index (κ2) is 8.25. The number of benzene rings is 1. The molecule has 2 N–H and O–H groups in total. The molecule has 26 heavy (non-hydrogen) atoms. The Labute approximate surface area is 159 Å². The first-order valence-corrected chi connectivity index (χ1v) is 10.9. The molecule has 0 spiro atoms. The molecule has 8 heteroatoms. The van der Waals surface area contributed by atoms with Crippen LogP contribution in [-0.2, 0) is 14.8 Å². The number of rotatable bonds is 4. The number of amides is 1. The fourth-order valence-electron chi connectivity index (χ4n) is 3.67. The summed E-state index contributed by atoms with van der Waals surface area (Å²) in [6.45, 7) is 0.622. The van der Waals surface area contributed by atoms with Crippen LogP contribution in [0.3, 0.4) is 0 Å². The Bertz CT molecular complexity index is 730. The normalized spacial score (nSPS) is 27.8. The van der Waals surface area contributed by atoms with Crippen molar-refractivity contribution in [3.63, 3.8) is 0 Å². The van der Waals surface area contributed by atoms with Gasteiger partial charge in [0.25, 0.3) is 0 Å². The maximum atomic E-state index is 12.8. The van der Waals surface area contributed by atoms with E-state index in [1.54, 1.807) is 12.1 Å². The van der Waals surface area contributed by atoms with Gasteiger partial charge >= 0.3 is 0 Å². The summed E-state index contributed by atoms with van der Waals surface area (Å²) in [5.74, 6) is -0.417. The number of nitrogens with one attached hydrogen (secondary N) is 1. The highest BCUT2D eigenvalue weighted by molar-refractivity contribution is 7.89. The minimum atomic E-state index is -3.62. The second-order valence-corrected chi connectivity index (χ2v) is 9.54. The minimum Gasteiger partial charge on any atom is -0.393 e. The quantitative estimate of drug-likeness (QED) is 0.810. The highest BCUT2D eigenvalue weighted by Gasteiger charge is 2.34. The van der Waals surface area contributed by atoms with Crippen molar-refractivity contribution in [2.24, 2.45) is 5.92 Å². The summed E-state index contributed by atoms with van der Waals surface area (Å²) in [4.78, 5) is 12.8. The average molecular weight is 401 g/mol. The molecule has 1 amide bonds. The van der Waals surface area contributed by atoms with Crippen molar-refractivity contribution in [1.29, 1.82) is 0 Å². The van der Waals surface area contributed by atoms with Gasteiger partial charge in [0, 0.05) is 24.2 Å². The summed E-state index contributed by atoms with van der Waals surface area (Å²) in [6.07, 6.45) is 4.03. The Morgan fingerprint density at radius 1 is 1.12 bits per heavy atom. The standard InChI is InChI=1S/C18H25ClN2O4S/c19-14-3-9-17(10-4-14)26(24,25)21-11-1-2-13(12-21)18(23)20-15-5-7-16(22)8-6-15/h3-4,9-10,13,15-16,22H,1-2,5-8,11-12H2,(H,20,23). The van der Waals surface area contributed by atoms with Crippen molar-refractivity contribution >= 4 is 27.5 Å². The zero-order valence-electron chi connectivity index (χ0n) is 14.6. The lowest BCUT2D eigenvalue weighted by Gasteiger charge is -2.33. The monoisotopic (exact) mass is 400 g/mol. The summed E-state index contributed by atoms with van der Waals surface area (Å²) in [5.41, 5.74) is 0. The number of halogens is 1. The molecule has 2 aliphatic rings. The van der Waals surface area contributed by atoms with Crippen LogP contribution in [0, 0.1) is 5.92 Å². The maximum Gasteiger partial charge on any atom is 0.243 e. The van der Waals surface area contributed by atoms with E-state index in [4.69, 9.17) is 11.6 Å². The highest BCUT2D eigenvalue weighted by Crippen LogP contribution is 2.26. The van der Waals surface area contributed by atoms with E-state index in [2.05, 4.69) is 5.32 Å². The van der Waals surface area contributed by atoms with Crippen LogP contribution in [0.5, 0.6) is 0 Å². The van der Waals surface area contributed by atoms with E-state index in [0.29, 0.717) is 37.3 Å². The lowest BCUT2D eigenvalue weighted by atomic mass is 9.92. The molecule has 1 aromatic rings. The first-order chi connectivity index (χ1) is 12.4.